The number of hydrogen-bond donors (Lipinski definition) is 2. The van der Waals surface area contributed by atoms with Crippen LogP contribution >= 0.6 is 0 Å². The van der Waals surface area contributed by atoms with Gasteiger partial charge >= 0.3 is 6.18 Å². The van der Waals surface area contributed by atoms with Gasteiger partial charge in [-0.1, -0.05) is 13.0 Å². The van der Waals surface area contributed by atoms with Crippen molar-refractivity contribution < 1.29 is 18.0 Å². The van der Waals surface area contributed by atoms with E-state index in [9.17, 15) is 18.0 Å². The predicted molar refractivity (Wildman–Crippen MR) is 84.8 cm³/mol. The van der Waals surface area contributed by atoms with Crippen molar-refractivity contribution in [3.8, 4) is 0 Å². The molecule has 1 aromatic heterocycles. The molecule has 1 atom stereocenters. The fraction of sp³-hybridized carbons (Fsp3) is 0.312. The van der Waals surface area contributed by atoms with Crippen LogP contribution in [0.25, 0.3) is 0 Å². The highest BCUT2D eigenvalue weighted by Crippen LogP contribution is 2.30. The third-order valence-electron chi connectivity index (χ3n) is 3.34. The van der Waals surface area contributed by atoms with Crippen LogP contribution < -0.4 is 10.6 Å². The Kier molecular flexibility index (Phi) is 5.38. The van der Waals surface area contributed by atoms with Crippen LogP contribution in [0.2, 0.25) is 0 Å². The Labute approximate surface area is 137 Å². The number of benzene rings is 1. The van der Waals surface area contributed by atoms with E-state index in [2.05, 4.69) is 20.6 Å². The summed E-state index contributed by atoms with van der Waals surface area (Å²) in [4.78, 5) is 20.1. The Bertz CT molecular complexity index is 701. The highest BCUT2D eigenvalue weighted by Gasteiger charge is 2.30. The minimum absolute atomic E-state index is 0.0158. The average molecular weight is 338 g/mol. The second-order valence-corrected chi connectivity index (χ2v) is 5.27. The standard InChI is InChI=1S/C16H17F3N4O/c1-3-10(2)22-14-9-20-13(8-21-14)15(24)23-12-6-4-5-11(7-12)16(17,18)19/h4-10H,3H2,1-2H3,(H,21,22)(H,23,24). The van der Waals surface area contributed by atoms with E-state index < -0.39 is 17.6 Å². The Balaban J connectivity index is 2.07. The van der Waals surface area contributed by atoms with E-state index in [1.54, 1.807) is 0 Å². The molecule has 0 radical (unpaired) electrons. The van der Waals surface area contributed by atoms with Gasteiger partial charge in [0.2, 0.25) is 0 Å². The van der Waals surface area contributed by atoms with Crippen LogP contribution in [0.1, 0.15) is 36.3 Å². The molecule has 1 unspecified atom stereocenters. The molecule has 128 valence electrons. The van der Waals surface area contributed by atoms with Crippen LogP contribution in [-0.2, 0) is 6.18 Å². The zero-order chi connectivity index (χ0) is 17.7. The normalized spacial score (nSPS) is 12.5. The molecule has 0 bridgehead atoms. The number of nitrogens with one attached hydrogen (secondary N) is 2. The average Bonchev–Trinajstić information content (AvgIpc) is 2.54. The van der Waals surface area contributed by atoms with Crippen LogP contribution in [0, 0.1) is 0 Å². The summed E-state index contributed by atoms with van der Waals surface area (Å²) in [7, 11) is 0. The van der Waals surface area contributed by atoms with Gasteiger partial charge in [0.05, 0.1) is 18.0 Å². The fourth-order valence-electron chi connectivity index (χ4n) is 1.84. The van der Waals surface area contributed by atoms with Gasteiger partial charge in [0.25, 0.3) is 5.91 Å². The Hall–Kier alpha value is -2.64. The molecule has 8 heteroatoms. The first kappa shape index (κ1) is 17.7. The summed E-state index contributed by atoms with van der Waals surface area (Å²) in [5.74, 6) is -0.100. The van der Waals surface area contributed by atoms with Crippen LogP contribution in [-0.4, -0.2) is 21.9 Å². The number of carbonyl (C=O) groups is 1. The van der Waals surface area contributed by atoms with Gasteiger partial charge in [-0.2, -0.15) is 13.2 Å². The van der Waals surface area contributed by atoms with E-state index in [0.717, 1.165) is 18.6 Å². The molecule has 0 spiro atoms. The number of hydrogen-bond acceptors (Lipinski definition) is 4. The Morgan fingerprint density at radius 3 is 2.58 bits per heavy atom. The van der Waals surface area contributed by atoms with Crippen molar-refractivity contribution in [2.45, 2.75) is 32.5 Å². The number of nitrogens with zero attached hydrogens (tertiary/aromatic N) is 2. The van der Waals surface area contributed by atoms with Crippen molar-refractivity contribution in [1.82, 2.24) is 9.97 Å². The van der Waals surface area contributed by atoms with Gasteiger partial charge in [0.1, 0.15) is 11.5 Å². The predicted octanol–water partition coefficient (Wildman–Crippen LogP) is 3.96. The minimum atomic E-state index is -4.47. The monoisotopic (exact) mass is 338 g/mol. The first-order chi connectivity index (χ1) is 11.3. The number of carbonyl (C=O) groups excluding carboxylic acids is 1. The Morgan fingerprint density at radius 2 is 2.00 bits per heavy atom. The molecule has 1 aromatic carbocycles. The number of halogens is 3. The van der Waals surface area contributed by atoms with Gasteiger partial charge in [-0.15, -0.1) is 0 Å². The second-order valence-electron chi connectivity index (χ2n) is 5.27. The van der Waals surface area contributed by atoms with Crippen LogP contribution in [0.3, 0.4) is 0 Å². The molecule has 0 saturated heterocycles. The highest BCUT2D eigenvalue weighted by atomic mass is 19.4. The van der Waals surface area contributed by atoms with Gasteiger partial charge in [-0.25, -0.2) is 9.97 Å². The topological polar surface area (TPSA) is 66.9 Å². The molecule has 0 aliphatic carbocycles. The van der Waals surface area contributed by atoms with Crippen LogP contribution in [0.4, 0.5) is 24.7 Å². The van der Waals surface area contributed by atoms with E-state index in [4.69, 9.17) is 0 Å². The van der Waals surface area contributed by atoms with Crippen LogP contribution in [0.15, 0.2) is 36.7 Å². The molecule has 2 aromatic rings. The summed E-state index contributed by atoms with van der Waals surface area (Å²) < 4.78 is 38.0. The number of aromatic nitrogens is 2. The number of alkyl halides is 3. The zero-order valence-electron chi connectivity index (χ0n) is 13.2. The lowest BCUT2D eigenvalue weighted by Crippen LogP contribution is -2.17. The molecule has 24 heavy (non-hydrogen) atoms. The van der Waals surface area contributed by atoms with Crippen molar-refractivity contribution in [3.63, 3.8) is 0 Å². The van der Waals surface area contributed by atoms with Gasteiger partial charge in [-0.05, 0) is 31.5 Å². The van der Waals surface area contributed by atoms with Crippen molar-refractivity contribution >= 4 is 17.4 Å². The summed E-state index contributed by atoms with van der Waals surface area (Å²) in [6, 6.07) is 4.61. The summed E-state index contributed by atoms with van der Waals surface area (Å²) in [6.45, 7) is 4.00. The van der Waals surface area contributed by atoms with Gasteiger partial charge < -0.3 is 10.6 Å². The largest absolute Gasteiger partial charge is 0.416 e. The lowest BCUT2D eigenvalue weighted by atomic mass is 10.2. The lowest BCUT2D eigenvalue weighted by molar-refractivity contribution is -0.137. The number of anilines is 2. The first-order valence-electron chi connectivity index (χ1n) is 7.36. The maximum atomic E-state index is 12.7. The number of rotatable bonds is 5. The molecule has 0 fully saturated rings. The maximum Gasteiger partial charge on any atom is 0.416 e. The van der Waals surface area contributed by atoms with Gasteiger partial charge in [0.15, 0.2) is 0 Å². The molecule has 0 saturated carbocycles. The molecule has 1 amide bonds. The quantitative estimate of drug-likeness (QED) is 0.866. The van der Waals surface area contributed by atoms with E-state index in [1.165, 1.54) is 24.5 Å². The third-order valence-corrected chi connectivity index (χ3v) is 3.34. The first-order valence-corrected chi connectivity index (χ1v) is 7.36. The molecule has 1 heterocycles. The summed E-state index contributed by atoms with van der Waals surface area (Å²) in [5, 5.41) is 5.48. The maximum absolute atomic E-state index is 12.7. The number of amides is 1. The van der Waals surface area contributed by atoms with E-state index in [-0.39, 0.29) is 17.4 Å². The molecule has 2 N–H and O–H groups in total. The van der Waals surface area contributed by atoms with Crippen molar-refractivity contribution in [2.75, 3.05) is 10.6 Å². The summed E-state index contributed by atoms with van der Waals surface area (Å²) in [6.07, 6.45) is -0.885. The van der Waals surface area contributed by atoms with Gasteiger partial charge in [0, 0.05) is 11.7 Å². The summed E-state index contributed by atoms with van der Waals surface area (Å²) in [5.41, 5.74) is -0.778. The Morgan fingerprint density at radius 1 is 1.25 bits per heavy atom. The third kappa shape index (κ3) is 4.68. The van der Waals surface area contributed by atoms with Crippen LogP contribution in [0.5, 0.6) is 0 Å². The van der Waals surface area contributed by atoms with Crippen molar-refractivity contribution in [2.24, 2.45) is 0 Å². The fourth-order valence-corrected chi connectivity index (χ4v) is 1.84. The lowest BCUT2D eigenvalue weighted by Gasteiger charge is -2.12. The molecule has 5 nitrogen and oxygen atoms in total. The van der Waals surface area contributed by atoms with E-state index in [0.29, 0.717) is 5.82 Å². The molecule has 0 aliphatic heterocycles. The zero-order valence-corrected chi connectivity index (χ0v) is 13.2. The van der Waals surface area contributed by atoms with E-state index in [1.807, 2.05) is 13.8 Å². The second kappa shape index (κ2) is 7.29. The molecular weight excluding hydrogens is 321 g/mol. The van der Waals surface area contributed by atoms with Gasteiger partial charge in [-0.3, -0.25) is 4.79 Å². The minimum Gasteiger partial charge on any atom is -0.366 e. The molecule has 0 aliphatic rings. The van der Waals surface area contributed by atoms with Crippen molar-refractivity contribution in [3.05, 3.63) is 47.9 Å². The highest BCUT2D eigenvalue weighted by molar-refractivity contribution is 6.02. The molecule has 2 rings (SSSR count). The summed E-state index contributed by atoms with van der Waals surface area (Å²) >= 11 is 0. The van der Waals surface area contributed by atoms with Crippen molar-refractivity contribution in [1.29, 1.82) is 0 Å². The van der Waals surface area contributed by atoms with E-state index >= 15 is 0 Å². The molecular formula is C16H17F3N4O. The SMILES string of the molecule is CCC(C)Nc1cnc(C(=O)Nc2cccc(C(F)(F)F)c2)cn1. The smallest absolute Gasteiger partial charge is 0.366 e.